The van der Waals surface area contributed by atoms with Gasteiger partial charge < -0.3 is 9.84 Å². The van der Waals surface area contributed by atoms with Crippen LogP contribution in [0.4, 0.5) is 4.39 Å². The predicted octanol–water partition coefficient (Wildman–Crippen LogP) is 1.84. The first-order valence-electron chi connectivity index (χ1n) is 4.75. The van der Waals surface area contributed by atoms with Crippen molar-refractivity contribution < 1.29 is 14.2 Å². The van der Waals surface area contributed by atoms with Crippen molar-refractivity contribution in [3.63, 3.8) is 0 Å². The van der Waals surface area contributed by atoms with Crippen LogP contribution >= 0.6 is 0 Å². The van der Waals surface area contributed by atoms with E-state index in [1.807, 2.05) is 0 Å². The van der Waals surface area contributed by atoms with E-state index in [0.717, 1.165) is 0 Å². The molecule has 16 heavy (non-hydrogen) atoms. The third-order valence-electron chi connectivity index (χ3n) is 2.09. The first-order chi connectivity index (χ1) is 7.69. The molecule has 1 N–H and O–H groups in total. The second-order valence-corrected chi connectivity index (χ2v) is 3.37. The summed E-state index contributed by atoms with van der Waals surface area (Å²) in [6, 6.07) is 4.33. The van der Waals surface area contributed by atoms with E-state index in [1.165, 1.54) is 18.3 Å². The van der Waals surface area contributed by atoms with Crippen LogP contribution < -0.4 is 4.74 Å². The second-order valence-electron chi connectivity index (χ2n) is 3.37. The van der Waals surface area contributed by atoms with Crippen molar-refractivity contribution in [2.45, 2.75) is 6.61 Å². The number of halogens is 1. The second kappa shape index (κ2) is 4.32. The monoisotopic (exact) mass is 222 g/mol. The van der Waals surface area contributed by atoms with E-state index in [4.69, 9.17) is 9.84 Å². The lowest BCUT2D eigenvalue weighted by molar-refractivity contribution is 0.281. The average molecular weight is 222 g/mol. The Balaban J connectivity index is 2.21. The van der Waals surface area contributed by atoms with Crippen molar-refractivity contribution >= 4 is 0 Å². The van der Waals surface area contributed by atoms with Crippen LogP contribution in [-0.4, -0.2) is 14.9 Å². The molecule has 0 fully saturated rings. The third-order valence-corrected chi connectivity index (χ3v) is 2.09. The molecular weight excluding hydrogens is 211 g/mol. The molecule has 2 aromatic rings. The Morgan fingerprint density at radius 3 is 2.88 bits per heavy atom. The Morgan fingerprint density at radius 1 is 1.50 bits per heavy atom. The van der Waals surface area contributed by atoms with E-state index in [1.54, 1.807) is 24.0 Å². The number of rotatable bonds is 3. The van der Waals surface area contributed by atoms with Gasteiger partial charge in [-0.2, -0.15) is 5.10 Å². The van der Waals surface area contributed by atoms with Crippen LogP contribution in [-0.2, 0) is 13.7 Å². The maximum atomic E-state index is 13.5. The zero-order chi connectivity index (χ0) is 11.5. The SMILES string of the molecule is Cn1cc(Oc2ccc(CO)cc2F)cn1. The molecule has 0 aliphatic rings. The molecule has 0 radical (unpaired) electrons. The fourth-order valence-corrected chi connectivity index (χ4v) is 1.30. The molecule has 0 bridgehead atoms. The number of aliphatic hydroxyl groups is 1. The molecule has 0 amide bonds. The van der Waals surface area contributed by atoms with E-state index in [2.05, 4.69) is 5.10 Å². The average Bonchev–Trinajstić information content (AvgIpc) is 2.67. The summed E-state index contributed by atoms with van der Waals surface area (Å²) in [4.78, 5) is 0. The number of aryl methyl sites for hydroxylation is 1. The van der Waals surface area contributed by atoms with Crippen LogP contribution in [0.5, 0.6) is 11.5 Å². The van der Waals surface area contributed by atoms with Crippen molar-refractivity contribution in [1.29, 1.82) is 0 Å². The van der Waals surface area contributed by atoms with E-state index in [9.17, 15) is 4.39 Å². The molecule has 0 aliphatic carbocycles. The molecule has 5 heteroatoms. The highest BCUT2D eigenvalue weighted by molar-refractivity contribution is 5.32. The van der Waals surface area contributed by atoms with Gasteiger partial charge in [-0.3, -0.25) is 4.68 Å². The van der Waals surface area contributed by atoms with Crippen LogP contribution in [0.1, 0.15) is 5.56 Å². The maximum absolute atomic E-state index is 13.5. The Morgan fingerprint density at radius 2 is 2.31 bits per heavy atom. The minimum atomic E-state index is -0.504. The molecule has 1 aromatic heterocycles. The molecule has 0 spiro atoms. The van der Waals surface area contributed by atoms with Gasteiger partial charge in [-0.1, -0.05) is 6.07 Å². The number of benzene rings is 1. The van der Waals surface area contributed by atoms with Gasteiger partial charge in [0.25, 0.3) is 0 Å². The lowest BCUT2D eigenvalue weighted by Crippen LogP contribution is -1.90. The number of ether oxygens (including phenoxy) is 1. The molecule has 1 aromatic carbocycles. The molecule has 0 saturated carbocycles. The Kier molecular flexibility index (Phi) is 2.87. The largest absolute Gasteiger partial charge is 0.451 e. The molecule has 4 nitrogen and oxygen atoms in total. The molecule has 0 atom stereocenters. The molecule has 1 heterocycles. The van der Waals surface area contributed by atoms with Crippen molar-refractivity contribution in [3.8, 4) is 11.5 Å². The topological polar surface area (TPSA) is 47.3 Å². The van der Waals surface area contributed by atoms with Gasteiger partial charge in [0.2, 0.25) is 0 Å². The summed E-state index contributed by atoms with van der Waals surface area (Å²) in [5.74, 6) is 0.0822. The molecule has 0 unspecified atom stereocenters. The van der Waals surface area contributed by atoms with Crippen molar-refractivity contribution in [3.05, 3.63) is 42.0 Å². The first kappa shape index (κ1) is 10.6. The van der Waals surface area contributed by atoms with E-state index in [-0.39, 0.29) is 12.4 Å². The number of aliphatic hydroxyl groups excluding tert-OH is 1. The summed E-state index contributed by atoms with van der Waals surface area (Å²) in [7, 11) is 1.75. The Hall–Kier alpha value is -1.88. The zero-order valence-electron chi connectivity index (χ0n) is 8.72. The molecular formula is C11H11FN2O2. The summed E-state index contributed by atoms with van der Waals surface area (Å²) in [6.07, 6.45) is 3.14. The predicted molar refractivity (Wildman–Crippen MR) is 55.6 cm³/mol. The summed E-state index contributed by atoms with van der Waals surface area (Å²) in [5, 5.41) is 12.7. The number of hydrogen-bond acceptors (Lipinski definition) is 3. The lowest BCUT2D eigenvalue weighted by Gasteiger charge is -2.05. The van der Waals surface area contributed by atoms with Crippen LogP contribution in [0.15, 0.2) is 30.6 Å². The molecule has 0 saturated heterocycles. The van der Waals surface area contributed by atoms with Crippen molar-refractivity contribution in [2.75, 3.05) is 0 Å². The third kappa shape index (κ3) is 2.20. The van der Waals surface area contributed by atoms with Crippen LogP contribution in [0, 0.1) is 5.82 Å². The fraction of sp³-hybridized carbons (Fsp3) is 0.182. The summed E-state index contributed by atoms with van der Waals surface area (Å²) in [6.45, 7) is -0.190. The van der Waals surface area contributed by atoms with Gasteiger partial charge in [0.15, 0.2) is 17.3 Å². The molecule has 0 aliphatic heterocycles. The minimum Gasteiger partial charge on any atom is -0.451 e. The number of hydrogen-bond donors (Lipinski definition) is 1. The normalized spacial score (nSPS) is 10.4. The van der Waals surface area contributed by atoms with Crippen LogP contribution in [0.2, 0.25) is 0 Å². The van der Waals surface area contributed by atoms with Gasteiger partial charge in [-0.25, -0.2) is 4.39 Å². The molecule has 84 valence electrons. The number of nitrogens with zero attached hydrogens (tertiary/aromatic N) is 2. The fourth-order valence-electron chi connectivity index (χ4n) is 1.30. The van der Waals surface area contributed by atoms with Gasteiger partial charge in [-0.05, 0) is 17.7 Å². The lowest BCUT2D eigenvalue weighted by atomic mass is 10.2. The first-order valence-corrected chi connectivity index (χ1v) is 4.75. The van der Waals surface area contributed by atoms with E-state index >= 15 is 0 Å². The van der Waals surface area contributed by atoms with Gasteiger partial charge in [0, 0.05) is 7.05 Å². The highest BCUT2D eigenvalue weighted by Crippen LogP contribution is 2.24. The van der Waals surface area contributed by atoms with Crippen LogP contribution in [0.25, 0.3) is 0 Å². The van der Waals surface area contributed by atoms with Gasteiger partial charge in [0.1, 0.15) is 0 Å². The van der Waals surface area contributed by atoms with E-state index in [0.29, 0.717) is 11.3 Å². The van der Waals surface area contributed by atoms with Gasteiger partial charge in [0.05, 0.1) is 19.0 Å². The Labute approximate surface area is 91.9 Å². The summed E-state index contributed by atoms with van der Waals surface area (Å²) < 4.78 is 20.3. The standard InChI is InChI=1S/C11H11FN2O2/c1-14-6-9(5-13-14)16-11-3-2-8(7-15)4-10(11)12/h2-6,15H,7H2,1H3. The zero-order valence-corrected chi connectivity index (χ0v) is 8.72. The van der Waals surface area contributed by atoms with Gasteiger partial charge >= 0.3 is 0 Å². The van der Waals surface area contributed by atoms with Crippen molar-refractivity contribution in [2.24, 2.45) is 7.05 Å². The van der Waals surface area contributed by atoms with E-state index < -0.39 is 5.82 Å². The minimum absolute atomic E-state index is 0.116. The Bertz CT molecular complexity index is 496. The summed E-state index contributed by atoms with van der Waals surface area (Å²) >= 11 is 0. The highest BCUT2D eigenvalue weighted by Gasteiger charge is 2.06. The maximum Gasteiger partial charge on any atom is 0.166 e. The van der Waals surface area contributed by atoms with Crippen molar-refractivity contribution in [1.82, 2.24) is 9.78 Å². The molecule has 2 rings (SSSR count). The quantitative estimate of drug-likeness (QED) is 0.862. The summed E-state index contributed by atoms with van der Waals surface area (Å²) in [5.41, 5.74) is 0.510. The smallest absolute Gasteiger partial charge is 0.166 e. The highest BCUT2D eigenvalue weighted by atomic mass is 19.1. The van der Waals surface area contributed by atoms with Crippen LogP contribution in [0.3, 0.4) is 0 Å². The van der Waals surface area contributed by atoms with Gasteiger partial charge in [-0.15, -0.1) is 0 Å². The number of aromatic nitrogens is 2.